The van der Waals surface area contributed by atoms with Gasteiger partial charge in [0.2, 0.25) is 0 Å². The molecule has 0 saturated heterocycles. The number of nitrogens with zero attached hydrogens (tertiary/aromatic N) is 2. The Hall–Kier alpha value is -4.48. The summed E-state index contributed by atoms with van der Waals surface area (Å²) in [5.74, 6) is 6.93. The lowest BCUT2D eigenvalue weighted by Crippen LogP contribution is -2.05. The van der Waals surface area contributed by atoms with Crippen LogP contribution in [0, 0.1) is 11.8 Å². The number of para-hydroxylation sites is 2. The molecule has 0 aliphatic rings. The zero-order chi connectivity index (χ0) is 23.8. The second kappa shape index (κ2) is 8.70. The van der Waals surface area contributed by atoms with Crippen LogP contribution in [-0.4, -0.2) is 9.13 Å². The average molecular weight is 451 g/mol. The van der Waals surface area contributed by atoms with E-state index < -0.39 is 0 Å². The van der Waals surface area contributed by atoms with Gasteiger partial charge in [-0.15, -0.1) is 0 Å². The monoisotopic (exact) mass is 450 g/mol. The minimum Gasteiger partial charge on any atom is -0.350 e. The lowest BCUT2D eigenvalue weighted by atomic mass is 9.82. The quantitative estimate of drug-likeness (QED) is 0.251. The van der Waals surface area contributed by atoms with Crippen molar-refractivity contribution in [3.8, 4) is 11.8 Å². The predicted octanol–water partition coefficient (Wildman–Crippen LogP) is 7.25. The van der Waals surface area contributed by atoms with Gasteiger partial charge in [-0.2, -0.15) is 0 Å². The fourth-order valence-electron chi connectivity index (χ4n) is 5.23. The number of fused-ring (bicyclic) bond motifs is 2. The fourth-order valence-corrected chi connectivity index (χ4v) is 5.23. The summed E-state index contributed by atoms with van der Waals surface area (Å²) in [5, 5.41) is 2.55. The van der Waals surface area contributed by atoms with Crippen LogP contribution in [-0.2, 0) is 14.1 Å². The third kappa shape index (κ3) is 3.72. The Morgan fingerprint density at radius 3 is 1.66 bits per heavy atom. The van der Waals surface area contributed by atoms with Gasteiger partial charge in [-0.1, -0.05) is 84.6 Å². The first-order valence-electron chi connectivity index (χ1n) is 11.9. The van der Waals surface area contributed by atoms with Gasteiger partial charge in [-0.3, -0.25) is 0 Å². The molecule has 0 spiro atoms. The molecule has 0 unspecified atom stereocenters. The van der Waals surface area contributed by atoms with Crippen LogP contribution in [0.3, 0.4) is 0 Å². The van der Waals surface area contributed by atoms with Crippen molar-refractivity contribution < 1.29 is 0 Å². The van der Waals surface area contributed by atoms with Crippen molar-refractivity contribution in [3.05, 3.63) is 143 Å². The molecule has 0 amide bonds. The summed E-state index contributed by atoms with van der Waals surface area (Å²) in [7, 11) is 4.26. The minimum atomic E-state index is 0.0495. The van der Waals surface area contributed by atoms with E-state index in [4.69, 9.17) is 0 Å². The molecule has 2 heteroatoms. The molecule has 6 rings (SSSR count). The van der Waals surface area contributed by atoms with E-state index in [-0.39, 0.29) is 5.92 Å². The summed E-state index contributed by atoms with van der Waals surface area (Å²) >= 11 is 0. The molecule has 0 aliphatic heterocycles. The molecule has 0 bridgehead atoms. The maximum absolute atomic E-state index is 3.50. The number of hydrogen-bond acceptors (Lipinski definition) is 0. The summed E-state index contributed by atoms with van der Waals surface area (Å²) in [4.78, 5) is 0. The third-order valence-corrected chi connectivity index (χ3v) is 6.86. The Labute approximate surface area is 206 Å². The van der Waals surface area contributed by atoms with Crippen LogP contribution in [0.1, 0.15) is 33.7 Å². The van der Waals surface area contributed by atoms with Crippen molar-refractivity contribution in [2.45, 2.75) is 5.92 Å². The van der Waals surface area contributed by atoms with Crippen LogP contribution in [0.5, 0.6) is 0 Å². The van der Waals surface area contributed by atoms with E-state index in [0.29, 0.717) is 0 Å². The predicted molar refractivity (Wildman–Crippen MR) is 146 cm³/mol. The smallest absolute Gasteiger partial charge is 0.0480 e. The van der Waals surface area contributed by atoms with E-state index in [1.54, 1.807) is 0 Å². The Bertz CT molecular complexity index is 1640. The molecule has 168 valence electrons. The van der Waals surface area contributed by atoms with Crippen molar-refractivity contribution in [1.82, 2.24) is 9.13 Å². The minimum absolute atomic E-state index is 0.0495. The first-order valence-corrected chi connectivity index (χ1v) is 11.9. The molecular weight excluding hydrogens is 424 g/mol. The molecule has 0 fully saturated rings. The van der Waals surface area contributed by atoms with Crippen LogP contribution in [0.15, 0.2) is 116 Å². The second-order valence-corrected chi connectivity index (χ2v) is 9.06. The summed E-state index contributed by atoms with van der Waals surface area (Å²) in [6.45, 7) is 0. The van der Waals surface area contributed by atoms with Gasteiger partial charge in [0.15, 0.2) is 0 Å². The topological polar surface area (TPSA) is 9.86 Å². The Kier molecular flexibility index (Phi) is 5.24. The normalized spacial score (nSPS) is 11.2. The highest BCUT2D eigenvalue weighted by Crippen LogP contribution is 2.41. The van der Waals surface area contributed by atoms with Gasteiger partial charge < -0.3 is 9.13 Å². The van der Waals surface area contributed by atoms with Gasteiger partial charge in [0.05, 0.1) is 0 Å². The van der Waals surface area contributed by atoms with E-state index in [1.807, 2.05) is 18.2 Å². The Morgan fingerprint density at radius 1 is 0.514 bits per heavy atom. The molecule has 2 aromatic heterocycles. The van der Waals surface area contributed by atoms with Gasteiger partial charge in [0.1, 0.15) is 0 Å². The number of aromatic nitrogens is 2. The molecule has 2 nitrogen and oxygen atoms in total. The van der Waals surface area contributed by atoms with Gasteiger partial charge in [0, 0.05) is 65.3 Å². The van der Waals surface area contributed by atoms with Crippen LogP contribution >= 0.6 is 0 Å². The molecule has 0 N–H and O–H groups in total. The first-order chi connectivity index (χ1) is 17.2. The third-order valence-electron chi connectivity index (χ3n) is 6.86. The largest absolute Gasteiger partial charge is 0.350 e. The van der Waals surface area contributed by atoms with Crippen LogP contribution in [0.25, 0.3) is 21.8 Å². The Morgan fingerprint density at radius 2 is 1.03 bits per heavy atom. The van der Waals surface area contributed by atoms with E-state index >= 15 is 0 Å². The lowest BCUT2D eigenvalue weighted by Gasteiger charge is -2.19. The number of benzene rings is 4. The molecule has 0 aliphatic carbocycles. The average Bonchev–Trinajstić information content (AvgIpc) is 3.42. The molecule has 0 radical (unpaired) electrons. The first kappa shape index (κ1) is 21.1. The molecule has 0 saturated carbocycles. The van der Waals surface area contributed by atoms with Crippen LogP contribution in [0.2, 0.25) is 0 Å². The SMILES string of the molecule is Cn1cc(C(c2ccccc2C#Cc2ccccc2)c2cn(C)c3ccccc23)c2ccccc21. The fraction of sp³-hybridized carbons (Fsp3) is 0.0909. The van der Waals surface area contributed by atoms with Crippen LogP contribution < -0.4 is 0 Å². The molecule has 6 aromatic rings. The van der Waals surface area contributed by atoms with Crippen LogP contribution in [0.4, 0.5) is 0 Å². The van der Waals surface area contributed by atoms with Crippen molar-refractivity contribution in [1.29, 1.82) is 0 Å². The summed E-state index contributed by atoms with van der Waals surface area (Å²) in [6, 6.07) is 36.2. The standard InChI is InChI=1S/C33H26N2/c1-34-22-29(27-16-8-10-18-31(27)34)33(30-23-35(2)32-19-11-9-17-28(30)32)26-15-7-6-14-25(26)21-20-24-12-4-3-5-13-24/h3-19,22-23,33H,1-2H3. The van der Waals surface area contributed by atoms with Crippen molar-refractivity contribution in [2.24, 2.45) is 14.1 Å². The summed E-state index contributed by atoms with van der Waals surface area (Å²) in [6.07, 6.45) is 4.58. The van der Waals surface area contributed by atoms with Gasteiger partial charge >= 0.3 is 0 Å². The van der Waals surface area contributed by atoms with Crippen molar-refractivity contribution in [2.75, 3.05) is 0 Å². The number of aryl methyl sites for hydroxylation is 2. The second-order valence-electron chi connectivity index (χ2n) is 9.06. The highest BCUT2D eigenvalue weighted by atomic mass is 14.9. The van der Waals surface area contributed by atoms with Gasteiger partial charge in [0.25, 0.3) is 0 Å². The number of rotatable bonds is 3. The van der Waals surface area contributed by atoms with Gasteiger partial charge in [-0.25, -0.2) is 0 Å². The lowest BCUT2D eigenvalue weighted by molar-refractivity contribution is 0.911. The zero-order valence-corrected chi connectivity index (χ0v) is 19.9. The molecule has 35 heavy (non-hydrogen) atoms. The Balaban J connectivity index is 1.63. The van der Waals surface area contributed by atoms with Gasteiger partial charge in [-0.05, 0) is 47.0 Å². The molecular formula is C33H26N2. The van der Waals surface area contributed by atoms with E-state index in [1.165, 1.54) is 38.5 Å². The van der Waals surface area contributed by atoms with E-state index in [9.17, 15) is 0 Å². The molecule has 4 aromatic carbocycles. The van der Waals surface area contributed by atoms with Crippen molar-refractivity contribution in [3.63, 3.8) is 0 Å². The maximum atomic E-state index is 3.50. The summed E-state index contributed by atoms with van der Waals surface area (Å²) in [5.41, 5.74) is 8.38. The van der Waals surface area contributed by atoms with Crippen molar-refractivity contribution >= 4 is 21.8 Å². The zero-order valence-electron chi connectivity index (χ0n) is 19.9. The summed E-state index contributed by atoms with van der Waals surface area (Å²) < 4.78 is 4.47. The molecule has 2 heterocycles. The van der Waals surface area contributed by atoms with E-state index in [2.05, 4.69) is 132 Å². The highest BCUT2D eigenvalue weighted by Gasteiger charge is 2.26. The number of hydrogen-bond donors (Lipinski definition) is 0. The molecule has 0 atom stereocenters. The highest BCUT2D eigenvalue weighted by molar-refractivity contribution is 5.90. The maximum Gasteiger partial charge on any atom is 0.0480 e. The van der Waals surface area contributed by atoms with E-state index in [0.717, 1.165) is 11.1 Å².